The highest BCUT2D eigenvalue weighted by Gasteiger charge is 2.27. The summed E-state index contributed by atoms with van der Waals surface area (Å²) in [4.78, 5) is 0. The number of nitrogens with zero attached hydrogens (tertiary/aromatic N) is 4. The Labute approximate surface area is 525 Å². The molecule has 0 amide bonds. The van der Waals surface area contributed by atoms with Crippen molar-refractivity contribution in [3.8, 4) is 45.0 Å². The van der Waals surface area contributed by atoms with Gasteiger partial charge < -0.3 is 27.1 Å². The molecule has 0 spiro atoms. The van der Waals surface area contributed by atoms with Gasteiger partial charge in [-0.25, -0.2) is 0 Å². The Morgan fingerprint density at radius 1 is 0.207 bits per heavy atom. The van der Waals surface area contributed by atoms with Gasteiger partial charge in [-0.2, -0.15) is 0 Å². The van der Waals surface area contributed by atoms with Crippen LogP contribution >= 0.6 is 0 Å². The Hall–Kier alpha value is -12.4. The van der Waals surface area contributed by atoms with Crippen LogP contribution in [0.25, 0.3) is 198 Å². The molecule has 21 aromatic rings. The third-order valence-electron chi connectivity index (χ3n) is 19.9. The monoisotopic (exact) mass is 1170 g/mol. The van der Waals surface area contributed by atoms with Gasteiger partial charge in [0, 0.05) is 87.4 Å². The first-order valence-corrected chi connectivity index (χ1v) is 31.5. The summed E-state index contributed by atoms with van der Waals surface area (Å²) in [6.45, 7) is 0. The van der Waals surface area contributed by atoms with E-state index in [1.165, 1.54) is 65.4 Å². The Balaban J connectivity index is 0.711. The summed E-state index contributed by atoms with van der Waals surface area (Å²) < 4.78 is 23.5. The Kier molecular flexibility index (Phi) is 10.0. The lowest BCUT2D eigenvalue weighted by Gasteiger charge is -2.13. The predicted molar refractivity (Wildman–Crippen MR) is 384 cm³/mol. The minimum atomic E-state index is 0.865. The molecule has 6 nitrogen and oxygen atoms in total. The molecule has 21 rings (SSSR count). The lowest BCUT2D eigenvalue weighted by atomic mass is 9.93. The standard InChI is InChI=1S/C86H50N4O2/c1-8-24-73-61(16-1)62-17-2-9-25-74(62)87(73)57-39-34-51(35-40-57)52-32-33-54-48-60(42-36-53(54)46-52)90-77-28-12-5-22-70(77)82-71(50-72-65-20-7-14-31-80(65)92-86(72)84(82)90)66-23-15-29-78-81(66)69-21-4-11-27-76(69)88(78)58-41-37-56-49-59(43-38-55(56)47-58)89-75-26-10-3-18-63(75)67-44-45-68-64-19-6-13-30-79(64)91-85(68)83(67)89/h1-50H. The van der Waals surface area contributed by atoms with E-state index in [4.69, 9.17) is 8.83 Å². The number of benzene rings is 15. The molecule has 0 atom stereocenters. The van der Waals surface area contributed by atoms with E-state index < -0.39 is 0 Å². The third kappa shape index (κ3) is 6.87. The number of fused-ring (bicyclic) bond motifs is 22. The molecular weight excluding hydrogens is 1120 g/mol. The van der Waals surface area contributed by atoms with Gasteiger partial charge in [-0.3, -0.25) is 0 Å². The quantitative estimate of drug-likeness (QED) is 0.167. The average molecular weight is 1170 g/mol. The average Bonchev–Trinajstić information content (AvgIpc) is 1.55. The third-order valence-corrected chi connectivity index (χ3v) is 19.9. The van der Waals surface area contributed by atoms with Crippen molar-refractivity contribution in [2.45, 2.75) is 0 Å². The maximum absolute atomic E-state index is 7.09. The normalized spacial score (nSPS) is 12.3. The first-order chi connectivity index (χ1) is 45.6. The molecule has 6 heteroatoms. The van der Waals surface area contributed by atoms with Gasteiger partial charge in [0.05, 0.1) is 44.1 Å². The molecule has 0 N–H and O–H groups in total. The number of hydrogen-bond donors (Lipinski definition) is 0. The Bertz CT molecular complexity index is 6700. The second kappa shape index (κ2) is 18.6. The molecule has 0 saturated carbocycles. The SMILES string of the molecule is c1ccc2c(c1)oc1c2ccc2c3ccccc3n(-c3ccc4cc(-n5c6ccccc6c6c(-c7cc8c9ccccc9oc8c8c7c7ccccc7n8-c7ccc8cc(-c9ccc(-n%10c%11ccccc%11c%11ccccc%11%10)cc9)ccc8c7)cccc65)ccc4c3)c21. The minimum Gasteiger partial charge on any atom is -0.454 e. The van der Waals surface area contributed by atoms with E-state index in [9.17, 15) is 0 Å². The summed E-state index contributed by atoms with van der Waals surface area (Å²) in [5.74, 6) is 0. The van der Waals surface area contributed by atoms with Crippen molar-refractivity contribution in [3.05, 3.63) is 303 Å². The van der Waals surface area contributed by atoms with Crippen LogP contribution < -0.4 is 0 Å². The first kappa shape index (κ1) is 49.6. The molecule has 0 fully saturated rings. The molecular formula is C86H50N4O2. The van der Waals surface area contributed by atoms with E-state index in [0.717, 1.165) is 132 Å². The van der Waals surface area contributed by atoms with Gasteiger partial charge in [-0.05, 0) is 159 Å². The van der Waals surface area contributed by atoms with E-state index in [1.54, 1.807) is 0 Å². The lowest BCUT2D eigenvalue weighted by Crippen LogP contribution is -1.96. The van der Waals surface area contributed by atoms with Crippen molar-refractivity contribution < 1.29 is 8.83 Å². The van der Waals surface area contributed by atoms with Crippen LogP contribution in [-0.4, -0.2) is 18.3 Å². The molecule has 0 aliphatic carbocycles. The molecule has 0 aliphatic heterocycles. The minimum absolute atomic E-state index is 0.865. The summed E-state index contributed by atoms with van der Waals surface area (Å²) in [7, 11) is 0. The molecule has 0 aliphatic rings. The van der Waals surface area contributed by atoms with Gasteiger partial charge in [0.15, 0.2) is 11.2 Å². The second-order valence-electron chi connectivity index (χ2n) is 24.7. The van der Waals surface area contributed by atoms with Crippen molar-refractivity contribution >= 4 is 153 Å². The van der Waals surface area contributed by atoms with Crippen molar-refractivity contribution in [3.63, 3.8) is 0 Å². The van der Waals surface area contributed by atoms with Crippen LogP contribution in [0.4, 0.5) is 0 Å². The van der Waals surface area contributed by atoms with Crippen molar-refractivity contribution in [2.75, 3.05) is 0 Å². The van der Waals surface area contributed by atoms with Crippen LogP contribution in [0.5, 0.6) is 0 Å². The highest BCUT2D eigenvalue weighted by atomic mass is 16.3. The zero-order valence-electron chi connectivity index (χ0n) is 49.5. The summed E-state index contributed by atoms with van der Waals surface area (Å²) in [6, 6.07) is 111. The van der Waals surface area contributed by atoms with Crippen LogP contribution in [0.2, 0.25) is 0 Å². The number of aromatic nitrogens is 4. The van der Waals surface area contributed by atoms with Gasteiger partial charge in [-0.15, -0.1) is 0 Å². The Morgan fingerprint density at radius 2 is 0.609 bits per heavy atom. The van der Waals surface area contributed by atoms with Crippen LogP contribution in [-0.2, 0) is 0 Å². The molecule has 6 heterocycles. The van der Waals surface area contributed by atoms with Gasteiger partial charge >= 0.3 is 0 Å². The summed E-state index contributed by atoms with van der Waals surface area (Å²) in [5.41, 5.74) is 21.7. The van der Waals surface area contributed by atoms with Crippen LogP contribution in [0.1, 0.15) is 0 Å². The smallest absolute Gasteiger partial charge is 0.160 e. The predicted octanol–water partition coefficient (Wildman–Crippen LogP) is 23.5. The number of rotatable bonds is 6. The number of para-hydroxylation sites is 7. The van der Waals surface area contributed by atoms with Crippen LogP contribution in [0.3, 0.4) is 0 Å². The first-order valence-electron chi connectivity index (χ1n) is 31.5. The fourth-order valence-corrected chi connectivity index (χ4v) is 15.9. The fourth-order valence-electron chi connectivity index (χ4n) is 15.9. The molecule has 0 bridgehead atoms. The molecule has 0 radical (unpaired) electrons. The van der Waals surface area contributed by atoms with Gasteiger partial charge in [0.2, 0.25) is 0 Å². The van der Waals surface area contributed by atoms with E-state index in [0.29, 0.717) is 0 Å². The molecule has 92 heavy (non-hydrogen) atoms. The number of hydrogen-bond acceptors (Lipinski definition) is 2. The van der Waals surface area contributed by atoms with Gasteiger partial charge in [-0.1, -0.05) is 188 Å². The van der Waals surface area contributed by atoms with Crippen LogP contribution in [0, 0.1) is 0 Å². The second-order valence-corrected chi connectivity index (χ2v) is 24.7. The molecule has 426 valence electrons. The maximum atomic E-state index is 7.09. The van der Waals surface area contributed by atoms with Gasteiger partial charge in [0.25, 0.3) is 0 Å². The molecule has 0 unspecified atom stereocenters. The summed E-state index contributed by atoms with van der Waals surface area (Å²) >= 11 is 0. The highest BCUT2D eigenvalue weighted by Crippen LogP contribution is 2.49. The van der Waals surface area contributed by atoms with Crippen molar-refractivity contribution in [1.82, 2.24) is 18.3 Å². The maximum Gasteiger partial charge on any atom is 0.160 e. The topological polar surface area (TPSA) is 46.0 Å². The zero-order chi connectivity index (χ0) is 59.9. The highest BCUT2D eigenvalue weighted by molar-refractivity contribution is 6.29. The largest absolute Gasteiger partial charge is 0.454 e. The molecule has 6 aromatic heterocycles. The van der Waals surface area contributed by atoms with E-state index in [2.05, 4.69) is 316 Å². The van der Waals surface area contributed by atoms with Crippen molar-refractivity contribution in [1.29, 1.82) is 0 Å². The zero-order valence-corrected chi connectivity index (χ0v) is 49.5. The van der Waals surface area contributed by atoms with E-state index in [1.807, 2.05) is 6.07 Å². The molecule has 15 aromatic carbocycles. The van der Waals surface area contributed by atoms with Crippen molar-refractivity contribution in [2.24, 2.45) is 0 Å². The summed E-state index contributed by atoms with van der Waals surface area (Å²) in [6.07, 6.45) is 0. The van der Waals surface area contributed by atoms with Crippen LogP contribution in [0.15, 0.2) is 312 Å². The van der Waals surface area contributed by atoms with E-state index >= 15 is 0 Å². The summed E-state index contributed by atoms with van der Waals surface area (Å²) in [5, 5.41) is 18.7. The number of furan rings is 2. The fraction of sp³-hybridized carbons (Fsp3) is 0. The van der Waals surface area contributed by atoms with Gasteiger partial charge in [0.1, 0.15) is 11.2 Å². The Morgan fingerprint density at radius 3 is 1.23 bits per heavy atom. The lowest BCUT2D eigenvalue weighted by molar-refractivity contribution is 0.670. The van der Waals surface area contributed by atoms with E-state index in [-0.39, 0.29) is 0 Å². The molecule has 0 saturated heterocycles.